The minimum atomic E-state index is -3.92. The van der Waals surface area contributed by atoms with Crippen molar-refractivity contribution >= 4 is 44.3 Å². The number of halogens is 2. The van der Waals surface area contributed by atoms with Gasteiger partial charge in [0, 0.05) is 9.77 Å². The molecule has 0 radical (unpaired) electrons. The minimum Gasteiger partial charge on any atom is -0.480 e. The van der Waals surface area contributed by atoms with E-state index in [9.17, 15) is 17.6 Å². The second-order valence-corrected chi connectivity index (χ2v) is 6.84. The lowest BCUT2D eigenvalue weighted by molar-refractivity contribution is -0.137. The number of nitrogens with zero attached hydrogens (tertiary/aromatic N) is 2. The topological polar surface area (TPSA) is 101 Å². The van der Waals surface area contributed by atoms with Gasteiger partial charge in [-0.1, -0.05) is 0 Å². The molecule has 112 valence electrons. The van der Waals surface area contributed by atoms with Crippen LogP contribution >= 0.6 is 22.6 Å². The number of aliphatic carboxylic acids is 1. The first kappa shape index (κ1) is 15.7. The fourth-order valence-electron chi connectivity index (χ4n) is 1.48. The van der Waals surface area contributed by atoms with Crippen molar-refractivity contribution in [1.29, 1.82) is 0 Å². The van der Waals surface area contributed by atoms with Gasteiger partial charge in [-0.2, -0.15) is 5.10 Å². The Morgan fingerprint density at radius 3 is 2.81 bits per heavy atom. The predicted octanol–water partition coefficient (Wildman–Crippen LogP) is 1.51. The van der Waals surface area contributed by atoms with E-state index in [1.165, 1.54) is 12.1 Å². The summed E-state index contributed by atoms with van der Waals surface area (Å²) in [6.45, 7) is -0.441. The smallest absolute Gasteiger partial charge is 0.325 e. The number of aromatic nitrogens is 2. The normalized spacial score (nSPS) is 11.3. The number of rotatable bonds is 5. The third-order valence-corrected chi connectivity index (χ3v) is 4.61. The van der Waals surface area contributed by atoms with Gasteiger partial charge in [-0.15, -0.1) is 0 Å². The molecule has 0 saturated heterocycles. The summed E-state index contributed by atoms with van der Waals surface area (Å²) in [5, 5.41) is 12.3. The Morgan fingerprint density at radius 1 is 1.48 bits per heavy atom. The van der Waals surface area contributed by atoms with Crippen LogP contribution in [0, 0.1) is 9.39 Å². The molecule has 0 saturated carbocycles. The van der Waals surface area contributed by atoms with Gasteiger partial charge in [0.15, 0.2) is 0 Å². The summed E-state index contributed by atoms with van der Waals surface area (Å²) in [7, 11) is -3.92. The first-order valence-electron chi connectivity index (χ1n) is 5.50. The Kier molecular flexibility index (Phi) is 4.46. The molecule has 0 aliphatic heterocycles. The van der Waals surface area contributed by atoms with Gasteiger partial charge in [-0.3, -0.25) is 14.2 Å². The fraction of sp³-hybridized carbons (Fsp3) is 0.0909. The molecule has 2 N–H and O–H groups in total. The Balaban J connectivity index is 2.25. The van der Waals surface area contributed by atoms with Crippen LogP contribution in [0.5, 0.6) is 0 Å². The standard InChI is InChI=1S/C11H9FIN3O4S/c12-7-1-2-10(9(13)3-7)15-21(19,20)8-4-14-16(5-8)6-11(17)18/h1-5,15H,6H2,(H,17,18). The van der Waals surface area contributed by atoms with E-state index in [-0.39, 0.29) is 10.6 Å². The number of benzene rings is 1. The molecule has 2 rings (SSSR count). The lowest BCUT2D eigenvalue weighted by Gasteiger charge is -2.08. The number of hydrogen-bond donors (Lipinski definition) is 2. The van der Waals surface area contributed by atoms with Crippen molar-refractivity contribution in [3.8, 4) is 0 Å². The van der Waals surface area contributed by atoms with Crippen molar-refractivity contribution in [2.24, 2.45) is 0 Å². The Labute approximate surface area is 133 Å². The number of hydrogen-bond acceptors (Lipinski definition) is 4. The van der Waals surface area contributed by atoms with E-state index in [2.05, 4.69) is 9.82 Å². The quantitative estimate of drug-likeness (QED) is 0.708. The first-order chi connectivity index (χ1) is 9.78. The largest absolute Gasteiger partial charge is 0.480 e. The van der Waals surface area contributed by atoms with Crippen molar-refractivity contribution in [3.63, 3.8) is 0 Å². The molecule has 7 nitrogen and oxygen atoms in total. The highest BCUT2D eigenvalue weighted by atomic mass is 127. The molecule has 0 aliphatic rings. The zero-order valence-corrected chi connectivity index (χ0v) is 13.3. The Morgan fingerprint density at radius 2 is 2.19 bits per heavy atom. The summed E-state index contributed by atoms with van der Waals surface area (Å²) in [6, 6.07) is 3.62. The van der Waals surface area contributed by atoms with Crippen molar-refractivity contribution in [2.45, 2.75) is 11.4 Å². The van der Waals surface area contributed by atoms with Gasteiger partial charge in [-0.25, -0.2) is 12.8 Å². The second kappa shape index (κ2) is 5.97. The van der Waals surface area contributed by atoms with E-state index in [0.717, 1.165) is 23.1 Å². The van der Waals surface area contributed by atoms with E-state index in [4.69, 9.17) is 5.11 Å². The fourth-order valence-corrected chi connectivity index (χ4v) is 3.31. The maximum Gasteiger partial charge on any atom is 0.325 e. The molecule has 1 heterocycles. The molecule has 0 atom stereocenters. The van der Waals surface area contributed by atoms with Gasteiger partial charge < -0.3 is 5.11 Å². The van der Waals surface area contributed by atoms with Crippen molar-refractivity contribution in [2.75, 3.05) is 4.72 Å². The van der Waals surface area contributed by atoms with Crippen LogP contribution in [0.25, 0.3) is 0 Å². The summed E-state index contributed by atoms with van der Waals surface area (Å²) in [5.41, 5.74) is 0.225. The van der Waals surface area contributed by atoms with Crippen LogP contribution in [0.4, 0.5) is 10.1 Å². The van der Waals surface area contributed by atoms with Gasteiger partial charge in [0.05, 0.1) is 11.9 Å². The van der Waals surface area contributed by atoms with Crippen LogP contribution in [0.15, 0.2) is 35.5 Å². The van der Waals surface area contributed by atoms with Gasteiger partial charge in [0.1, 0.15) is 17.3 Å². The molecule has 0 bridgehead atoms. The molecule has 2 aromatic rings. The summed E-state index contributed by atoms with van der Waals surface area (Å²) < 4.78 is 40.9. The number of sulfonamides is 1. The Hall–Kier alpha value is -1.69. The number of carboxylic acids is 1. The molecule has 0 spiro atoms. The molecule has 1 aromatic carbocycles. The van der Waals surface area contributed by atoms with Crippen molar-refractivity contribution in [3.05, 3.63) is 40.0 Å². The van der Waals surface area contributed by atoms with Crippen LogP contribution in [0.1, 0.15) is 0 Å². The van der Waals surface area contributed by atoms with E-state index in [1.807, 2.05) is 0 Å². The van der Waals surface area contributed by atoms with E-state index >= 15 is 0 Å². The van der Waals surface area contributed by atoms with E-state index in [0.29, 0.717) is 3.57 Å². The van der Waals surface area contributed by atoms with E-state index < -0.39 is 28.4 Å². The highest BCUT2D eigenvalue weighted by Crippen LogP contribution is 2.22. The molecule has 0 amide bonds. The van der Waals surface area contributed by atoms with Gasteiger partial charge >= 0.3 is 5.97 Å². The van der Waals surface area contributed by atoms with Crippen LogP contribution in [0.2, 0.25) is 0 Å². The molecule has 0 aliphatic carbocycles. The van der Waals surface area contributed by atoms with Crippen LogP contribution in [0.3, 0.4) is 0 Å². The van der Waals surface area contributed by atoms with E-state index in [1.54, 1.807) is 22.6 Å². The molecule has 10 heteroatoms. The second-order valence-electron chi connectivity index (χ2n) is 4.00. The predicted molar refractivity (Wildman–Crippen MR) is 79.8 cm³/mol. The zero-order valence-electron chi connectivity index (χ0n) is 10.3. The minimum absolute atomic E-state index is 0.177. The molecule has 0 unspecified atom stereocenters. The lowest BCUT2D eigenvalue weighted by Crippen LogP contribution is -2.13. The maximum absolute atomic E-state index is 13.0. The van der Waals surface area contributed by atoms with Gasteiger partial charge in [0.25, 0.3) is 10.0 Å². The molecule has 0 fully saturated rings. The van der Waals surface area contributed by atoms with Gasteiger partial charge in [-0.05, 0) is 40.8 Å². The molecule has 21 heavy (non-hydrogen) atoms. The third kappa shape index (κ3) is 3.91. The average Bonchev–Trinajstić information content (AvgIpc) is 2.81. The number of nitrogens with one attached hydrogen (secondary N) is 1. The monoisotopic (exact) mass is 425 g/mol. The van der Waals surface area contributed by atoms with Crippen molar-refractivity contribution in [1.82, 2.24) is 9.78 Å². The SMILES string of the molecule is O=C(O)Cn1cc(S(=O)(=O)Nc2ccc(F)cc2I)cn1. The number of carbonyl (C=O) groups is 1. The zero-order chi connectivity index (χ0) is 15.6. The van der Waals surface area contributed by atoms with Gasteiger partial charge in [0.2, 0.25) is 0 Å². The lowest BCUT2D eigenvalue weighted by atomic mass is 10.3. The third-order valence-electron chi connectivity index (χ3n) is 2.39. The van der Waals surface area contributed by atoms with Crippen LogP contribution < -0.4 is 4.72 Å². The molecular weight excluding hydrogens is 416 g/mol. The number of anilines is 1. The maximum atomic E-state index is 13.0. The molecular formula is C11H9FIN3O4S. The highest BCUT2D eigenvalue weighted by Gasteiger charge is 2.18. The van der Waals surface area contributed by atoms with Crippen LogP contribution in [-0.4, -0.2) is 29.3 Å². The summed E-state index contributed by atoms with van der Waals surface area (Å²) in [5.74, 6) is -1.61. The highest BCUT2D eigenvalue weighted by molar-refractivity contribution is 14.1. The summed E-state index contributed by atoms with van der Waals surface area (Å²) in [4.78, 5) is 10.4. The van der Waals surface area contributed by atoms with Crippen LogP contribution in [-0.2, 0) is 21.4 Å². The summed E-state index contributed by atoms with van der Waals surface area (Å²) >= 11 is 1.80. The average molecular weight is 425 g/mol. The Bertz CT molecular complexity index is 791. The number of carboxylic acid groups (broad SMARTS) is 1. The first-order valence-corrected chi connectivity index (χ1v) is 8.06. The summed E-state index contributed by atoms with van der Waals surface area (Å²) in [6.07, 6.45) is 2.15. The van der Waals surface area contributed by atoms with Crippen molar-refractivity contribution < 1.29 is 22.7 Å². The molecule has 1 aromatic heterocycles.